The topological polar surface area (TPSA) is 56.0 Å². The normalized spacial score (nSPS) is 12.0. The third-order valence-corrected chi connectivity index (χ3v) is 4.26. The van der Waals surface area contributed by atoms with Gasteiger partial charge in [0.2, 0.25) is 0 Å². The van der Waals surface area contributed by atoms with Crippen LogP contribution in [0.5, 0.6) is 0 Å². The van der Waals surface area contributed by atoms with Gasteiger partial charge < -0.3 is 10.5 Å². The highest BCUT2D eigenvalue weighted by Crippen LogP contribution is 2.37. The Bertz CT molecular complexity index is 738. The van der Waals surface area contributed by atoms with E-state index in [1.54, 1.807) is 0 Å². The molecule has 1 aromatic heterocycles. The fourth-order valence-electron chi connectivity index (χ4n) is 2.31. The molecule has 1 atom stereocenters. The number of thiazole rings is 1. The van der Waals surface area contributed by atoms with Crippen LogP contribution >= 0.6 is 11.3 Å². The number of nitrogens with two attached hydrogens (primary N) is 1. The minimum atomic E-state index is -0.337. The smallest absolute Gasteiger partial charge is 0.180 e. The lowest BCUT2D eigenvalue weighted by Gasteiger charge is -2.10. The molecule has 0 radical (unpaired) electrons. The Kier molecular flexibility index (Phi) is 3.79. The SMILES string of the molecule is Nc1nc(-c2ccccc2)c(C(C=O)c2ccccc2)s1. The first kappa shape index (κ1) is 13.5. The first-order chi connectivity index (χ1) is 10.3. The zero-order valence-corrected chi connectivity index (χ0v) is 12.1. The van der Waals surface area contributed by atoms with Crippen LogP contribution < -0.4 is 5.73 Å². The van der Waals surface area contributed by atoms with E-state index in [2.05, 4.69) is 4.98 Å². The molecule has 2 aromatic carbocycles. The molecule has 3 nitrogen and oxygen atoms in total. The van der Waals surface area contributed by atoms with Gasteiger partial charge >= 0.3 is 0 Å². The van der Waals surface area contributed by atoms with Crippen LogP contribution in [0.15, 0.2) is 60.7 Å². The number of benzene rings is 2. The van der Waals surface area contributed by atoms with Gasteiger partial charge in [0, 0.05) is 10.4 Å². The molecule has 21 heavy (non-hydrogen) atoms. The van der Waals surface area contributed by atoms with E-state index in [9.17, 15) is 4.79 Å². The number of anilines is 1. The molecule has 0 saturated heterocycles. The number of nitrogens with zero attached hydrogens (tertiary/aromatic N) is 1. The third kappa shape index (κ3) is 2.71. The summed E-state index contributed by atoms with van der Waals surface area (Å²) in [5, 5.41) is 0.478. The van der Waals surface area contributed by atoms with Gasteiger partial charge in [0.15, 0.2) is 5.13 Å². The van der Waals surface area contributed by atoms with E-state index >= 15 is 0 Å². The van der Waals surface area contributed by atoms with Crippen LogP contribution in [0.1, 0.15) is 16.4 Å². The lowest BCUT2D eigenvalue weighted by Crippen LogP contribution is -2.01. The average molecular weight is 294 g/mol. The number of carbonyl (C=O) groups excluding carboxylic acids is 1. The lowest BCUT2D eigenvalue weighted by molar-refractivity contribution is -0.108. The van der Waals surface area contributed by atoms with Gasteiger partial charge in [-0.1, -0.05) is 60.7 Å². The van der Waals surface area contributed by atoms with Gasteiger partial charge in [0.25, 0.3) is 0 Å². The van der Waals surface area contributed by atoms with Crippen LogP contribution in [0.25, 0.3) is 11.3 Å². The zero-order chi connectivity index (χ0) is 14.7. The lowest BCUT2D eigenvalue weighted by atomic mass is 9.96. The highest BCUT2D eigenvalue weighted by molar-refractivity contribution is 7.16. The van der Waals surface area contributed by atoms with E-state index in [1.165, 1.54) is 11.3 Å². The molecule has 1 unspecified atom stereocenters. The Morgan fingerprint density at radius 3 is 2.24 bits per heavy atom. The van der Waals surface area contributed by atoms with Crippen molar-refractivity contribution in [1.82, 2.24) is 4.98 Å². The number of carbonyl (C=O) groups is 1. The minimum absolute atomic E-state index is 0.337. The Labute approximate surface area is 127 Å². The summed E-state index contributed by atoms with van der Waals surface area (Å²) in [6, 6.07) is 19.5. The average Bonchev–Trinajstić information content (AvgIpc) is 2.92. The number of nitrogen functional groups attached to an aromatic ring is 1. The number of hydrogen-bond donors (Lipinski definition) is 1. The van der Waals surface area contributed by atoms with Gasteiger partial charge in [-0.05, 0) is 5.56 Å². The van der Waals surface area contributed by atoms with E-state index in [0.29, 0.717) is 5.13 Å². The highest BCUT2D eigenvalue weighted by atomic mass is 32.1. The molecule has 0 spiro atoms. The van der Waals surface area contributed by atoms with Gasteiger partial charge in [-0.3, -0.25) is 0 Å². The first-order valence-corrected chi connectivity index (χ1v) is 7.43. The molecule has 4 heteroatoms. The molecule has 1 heterocycles. The van der Waals surface area contributed by atoms with Crippen molar-refractivity contribution >= 4 is 22.8 Å². The fraction of sp³-hybridized carbons (Fsp3) is 0.0588. The molecule has 2 N–H and O–H groups in total. The van der Waals surface area contributed by atoms with Gasteiger partial charge in [-0.15, -0.1) is 11.3 Å². The number of aldehydes is 1. The zero-order valence-electron chi connectivity index (χ0n) is 11.3. The Morgan fingerprint density at radius 2 is 1.62 bits per heavy atom. The van der Waals surface area contributed by atoms with Crippen molar-refractivity contribution in [3.05, 3.63) is 71.1 Å². The number of rotatable bonds is 4. The molecule has 104 valence electrons. The summed E-state index contributed by atoms with van der Waals surface area (Å²) in [5.74, 6) is -0.337. The van der Waals surface area contributed by atoms with Gasteiger partial charge in [0.1, 0.15) is 6.29 Å². The van der Waals surface area contributed by atoms with Crippen molar-refractivity contribution in [2.75, 3.05) is 5.73 Å². The number of hydrogen-bond acceptors (Lipinski definition) is 4. The molecule has 3 aromatic rings. The summed E-state index contributed by atoms with van der Waals surface area (Å²) >= 11 is 1.37. The van der Waals surface area contributed by atoms with E-state index in [-0.39, 0.29) is 5.92 Å². The summed E-state index contributed by atoms with van der Waals surface area (Å²) in [6.45, 7) is 0. The van der Waals surface area contributed by atoms with Gasteiger partial charge in [-0.2, -0.15) is 0 Å². The maximum atomic E-state index is 11.6. The van der Waals surface area contributed by atoms with Crippen LogP contribution in [0, 0.1) is 0 Å². The predicted octanol–water partition coefficient (Wildman–Crippen LogP) is 3.72. The second-order valence-electron chi connectivity index (χ2n) is 4.66. The van der Waals surface area contributed by atoms with Crippen molar-refractivity contribution in [1.29, 1.82) is 0 Å². The van der Waals surface area contributed by atoms with Gasteiger partial charge in [0.05, 0.1) is 11.6 Å². The molecule has 0 amide bonds. The molecule has 0 aliphatic heterocycles. The molecule has 0 aliphatic carbocycles. The summed E-state index contributed by atoms with van der Waals surface area (Å²) in [5.41, 5.74) is 8.60. The van der Waals surface area contributed by atoms with Crippen molar-refractivity contribution in [3.63, 3.8) is 0 Å². The van der Waals surface area contributed by atoms with E-state index in [0.717, 1.165) is 28.0 Å². The van der Waals surface area contributed by atoms with Gasteiger partial charge in [-0.25, -0.2) is 4.98 Å². The van der Waals surface area contributed by atoms with Crippen LogP contribution in [0.4, 0.5) is 5.13 Å². The quantitative estimate of drug-likeness (QED) is 0.746. The van der Waals surface area contributed by atoms with Crippen molar-refractivity contribution in [3.8, 4) is 11.3 Å². The van der Waals surface area contributed by atoms with Crippen molar-refractivity contribution in [2.45, 2.75) is 5.92 Å². The minimum Gasteiger partial charge on any atom is -0.375 e. The molecule has 0 fully saturated rings. The maximum absolute atomic E-state index is 11.6. The van der Waals surface area contributed by atoms with E-state index in [4.69, 9.17) is 5.73 Å². The van der Waals surface area contributed by atoms with Crippen LogP contribution in [0.3, 0.4) is 0 Å². The summed E-state index contributed by atoms with van der Waals surface area (Å²) in [7, 11) is 0. The fourth-order valence-corrected chi connectivity index (χ4v) is 3.26. The second kappa shape index (κ2) is 5.89. The van der Waals surface area contributed by atoms with Crippen LogP contribution in [0.2, 0.25) is 0 Å². The number of aromatic nitrogens is 1. The van der Waals surface area contributed by atoms with Crippen LogP contribution in [-0.2, 0) is 4.79 Å². The van der Waals surface area contributed by atoms with E-state index < -0.39 is 0 Å². The summed E-state index contributed by atoms with van der Waals surface area (Å²) in [6.07, 6.45) is 0.953. The predicted molar refractivity (Wildman–Crippen MR) is 86.3 cm³/mol. The Balaban J connectivity index is 2.12. The van der Waals surface area contributed by atoms with Crippen LogP contribution in [-0.4, -0.2) is 11.3 Å². The summed E-state index contributed by atoms with van der Waals surface area (Å²) in [4.78, 5) is 16.9. The first-order valence-electron chi connectivity index (χ1n) is 6.61. The van der Waals surface area contributed by atoms with Crippen molar-refractivity contribution < 1.29 is 4.79 Å². The monoisotopic (exact) mass is 294 g/mol. The highest BCUT2D eigenvalue weighted by Gasteiger charge is 2.21. The molecule has 3 rings (SSSR count). The third-order valence-electron chi connectivity index (χ3n) is 3.29. The molecule has 0 saturated carbocycles. The maximum Gasteiger partial charge on any atom is 0.180 e. The largest absolute Gasteiger partial charge is 0.375 e. The molecule has 0 bridgehead atoms. The van der Waals surface area contributed by atoms with E-state index in [1.807, 2.05) is 60.7 Å². The molecular weight excluding hydrogens is 280 g/mol. The standard InChI is InChI=1S/C17H14N2OS/c18-17-19-15(13-9-5-2-6-10-13)16(21-17)14(11-20)12-7-3-1-4-8-12/h1-11,14H,(H2,18,19). The summed E-state index contributed by atoms with van der Waals surface area (Å²) < 4.78 is 0. The second-order valence-corrected chi connectivity index (χ2v) is 5.72. The Hall–Kier alpha value is -2.46. The molecule has 0 aliphatic rings. The molecular formula is C17H14N2OS. The Morgan fingerprint density at radius 1 is 1.00 bits per heavy atom. The van der Waals surface area contributed by atoms with Crippen molar-refractivity contribution in [2.24, 2.45) is 0 Å².